The molecule has 2 saturated heterocycles. The molecular weight excluding hydrogens is 422 g/mol. The lowest BCUT2D eigenvalue weighted by Crippen LogP contribution is -2.57. The summed E-state index contributed by atoms with van der Waals surface area (Å²) in [6.07, 6.45) is 4.26. The molecule has 11 nitrogen and oxygen atoms in total. The average molecular weight is 452 g/mol. The number of anilines is 3. The van der Waals surface area contributed by atoms with Gasteiger partial charge in [-0.05, 0) is 32.6 Å². The summed E-state index contributed by atoms with van der Waals surface area (Å²) < 4.78 is 32.2. The lowest BCUT2D eigenvalue weighted by Gasteiger charge is -2.47. The quantitative estimate of drug-likeness (QED) is 0.470. The highest BCUT2D eigenvalue weighted by Crippen LogP contribution is 2.37. The lowest BCUT2D eigenvalue weighted by atomic mass is 9.84. The molecule has 0 aromatic carbocycles. The normalized spacial score (nSPS) is 24.0. The standard InChI is InChI=1S/C19H29N7O4S/c1-3-31(28,29)26-14-5-4-6-15(26)8-12(7-14)20-19-22-16(10-18(23-19)30-2)21-17-9-13(11-27)24-25-17/h9-10,12,14-15,27H,3-8,11H2,1-2H3,(H3,20,21,22,23,24,25)/t12-,14+,15-. The molecule has 0 unspecified atom stereocenters. The largest absolute Gasteiger partial charge is 0.481 e. The fourth-order valence-electron chi connectivity index (χ4n) is 4.54. The number of nitrogens with one attached hydrogen (secondary N) is 3. The molecule has 2 bridgehead atoms. The van der Waals surface area contributed by atoms with Crippen LogP contribution in [0.5, 0.6) is 5.88 Å². The number of aliphatic hydroxyl groups is 1. The summed E-state index contributed by atoms with van der Waals surface area (Å²) in [4.78, 5) is 8.92. The number of nitrogens with zero attached hydrogens (tertiary/aromatic N) is 4. The number of piperidine rings is 2. The fraction of sp³-hybridized carbons (Fsp3) is 0.632. The second-order valence-corrected chi connectivity index (χ2v) is 10.1. The third-order valence-electron chi connectivity index (χ3n) is 5.90. The van der Waals surface area contributed by atoms with Gasteiger partial charge in [0.05, 0.1) is 25.2 Å². The Morgan fingerprint density at radius 1 is 1.23 bits per heavy atom. The molecule has 0 amide bonds. The Morgan fingerprint density at radius 2 is 1.97 bits per heavy atom. The van der Waals surface area contributed by atoms with E-state index in [0.717, 1.165) is 32.1 Å². The molecule has 12 heteroatoms. The number of hydrogen-bond acceptors (Lipinski definition) is 9. The molecule has 2 aromatic rings. The highest BCUT2D eigenvalue weighted by Gasteiger charge is 2.43. The first-order valence-corrected chi connectivity index (χ1v) is 12.2. The van der Waals surface area contributed by atoms with Gasteiger partial charge < -0.3 is 20.5 Å². The van der Waals surface area contributed by atoms with Gasteiger partial charge in [-0.3, -0.25) is 5.10 Å². The van der Waals surface area contributed by atoms with Crippen LogP contribution >= 0.6 is 0 Å². The minimum Gasteiger partial charge on any atom is -0.481 e. The highest BCUT2D eigenvalue weighted by molar-refractivity contribution is 7.89. The molecule has 170 valence electrons. The second kappa shape index (κ2) is 8.97. The van der Waals surface area contributed by atoms with E-state index in [1.54, 1.807) is 23.4 Å². The van der Waals surface area contributed by atoms with Gasteiger partial charge in [0.15, 0.2) is 5.82 Å². The Kier molecular flexibility index (Phi) is 6.30. The first kappa shape index (κ1) is 21.8. The van der Waals surface area contributed by atoms with Crippen LogP contribution in [-0.4, -0.2) is 69.0 Å². The van der Waals surface area contributed by atoms with Crippen molar-refractivity contribution in [1.29, 1.82) is 0 Å². The second-order valence-electron chi connectivity index (χ2n) is 7.96. The average Bonchev–Trinajstić information content (AvgIpc) is 3.20. The molecule has 2 aromatic heterocycles. The molecule has 3 atom stereocenters. The maximum atomic E-state index is 12.6. The smallest absolute Gasteiger partial charge is 0.228 e. The number of aromatic amines is 1. The fourth-order valence-corrected chi connectivity index (χ4v) is 6.13. The summed E-state index contributed by atoms with van der Waals surface area (Å²) in [6.45, 7) is 1.57. The van der Waals surface area contributed by atoms with E-state index in [9.17, 15) is 13.5 Å². The topological polar surface area (TPSA) is 145 Å². The summed E-state index contributed by atoms with van der Waals surface area (Å²) in [6, 6.07) is 3.44. The molecule has 2 fully saturated rings. The number of rotatable bonds is 8. The van der Waals surface area contributed by atoms with Crippen LogP contribution in [0.3, 0.4) is 0 Å². The summed E-state index contributed by atoms with van der Waals surface area (Å²) in [5, 5.41) is 22.4. The summed E-state index contributed by atoms with van der Waals surface area (Å²) in [5.74, 6) is 1.95. The predicted octanol–water partition coefficient (Wildman–Crippen LogP) is 1.59. The first-order valence-electron chi connectivity index (χ1n) is 10.5. The van der Waals surface area contributed by atoms with Crippen molar-refractivity contribution in [3.63, 3.8) is 0 Å². The summed E-state index contributed by atoms with van der Waals surface area (Å²) >= 11 is 0. The van der Waals surface area contributed by atoms with Crippen LogP contribution < -0.4 is 15.4 Å². The van der Waals surface area contributed by atoms with Crippen LogP contribution in [0, 0.1) is 0 Å². The van der Waals surface area contributed by atoms with Crippen LogP contribution in [0.25, 0.3) is 0 Å². The van der Waals surface area contributed by atoms with Gasteiger partial charge in [0.25, 0.3) is 0 Å². The molecule has 4 N–H and O–H groups in total. The van der Waals surface area contributed by atoms with Crippen molar-refractivity contribution < 1.29 is 18.3 Å². The van der Waals surface area contributed by atoms with E-state index in [1.807, 2.05) is 0 Å². The number of H-pyrrole nitrogens is 1. The Balaban J connectivity index is 1.50. The highest BCUT2D eigenvalue weighted by atomic mass is 32.2. The Labute approximate surface area is 181 Å². The van der Waals surface area contributed by atoms with Crippen molar-refractivity contribution in [3.05, 3.63) is 17.8 Å². The van der Waals surface area contributed by atoms with Crippen molar-refractivity contribution in [2.24, 2.45) is 0 Å². The minimum atomic E-state index is -3.21. The summed E-state index contributed by atoms with van der Waals surface area (Å²) in [5.41, 5.74) is 0.585. The van der Waals surface area contributed by atoms with Crippen LogP contribution in [0.2, 0.25) is 0 Å². The van der Waals surface area contributed by atoms with E-state index >= 15 is 0 Å². The molecule has 0 aliphatic carbocycles. The third-order valence-corrected chi connectivity index (χ3v) is 7.86. The van der Waals surface area contributed by atoms with Gasteiger partial charge in [0, 0.05) is 30.3 Å². The van der Waals surface area contributed by atoms with E-state index in [-0.39, 0.29) is 30.5 Å². The van der Waals surface area contributed by atoms with Crippen molar-refractivity contribution in [2.75, 3.05) is 23.5 Å². The number of sulfonamides is 1. The van der Waals surface area contributed by atoms with Crippen molar-refractivity contribution in [1.82, 2.24) is 24.5 Å². The van der Waals surface area contributed by atoms with E-state index in [4.69, 9.17) is 4.74 Å². The van der Waals surface area contributed by atoms with Crippen LogP contribution in [0.15, 0.2) is 12.1 Å². The predicted molar refractivity (Wildman–Crippen MR) is 116 cm³/mol. The van der Waals surface area contributed by atoms with Crippen LogP contribution in [0.1, 0.15) is 44.7 Å². The van der Waals surface area contributed by atoms with Crippen LogP contribution in [-0.2, 0) is 16.6 Å². The van der Waals surface area contributed by atoms with Gasteiger partial charge in [-0.2, -0.15) is 19.4 Å². The summed E-state index contributed by atoms with van der Waals surface area (Å²) in [7, 11) is -1.68. The monoisotopic (exact) mass is 451 g/mol. The zero-order chi connectivity index (χ0) is 22.0. The number of methoxy groups -OCH3 is 1. The number of aliphatic hydroxyl groups excluding tert-OH is 1. The number of aromatic nitrogens is 4. The van der Waals surface area contributed by atoms with Crippen molar-refractivity contribution in [2.45, 2.75) is 63.8 Å². The van der Waals surface area contributed by atoms with E-state index in [2.05, 4.69) is 30.8 Å². The number of ether oxygens (including phenoxy) is 1. The third kappa shape index (κ3) is 4.75. The van der Waals surface area contributed by atoms with E-state index < -0.39 is 10.0 Å². The number of fused-ring (bicyclic) bond motifs is 2. The van der Waals surface area contributed by atoms with E-state index in [1.165, 1.54) is 7.11 Å². The van der Waals surface area contributed by atoms with Gasteiger partial charge in [-0.1, -0.05) is 6.42 Å². The van der Waals surface area contributed by atoms with Crippen LogP contribution in [0.4, 0.5) is 17.6 Å². The molecule has 0 saturated carbocycles. The molecule has 2 aliphatic rings. The molecule has 31 heavy (non-hydrogen) atoms. The van der Waals surface area contributed by atoms with E-state index in [0.29, 0.717) is 29.2 Å². The van der Waals surface area contributed by atoms with Gasteiger partial charge in [-0.25, -0.2) is 8.42 Å². The maximum absolute atomic E-state index is 12.6. The first-order chi connectivity index (χ1) is 14.9. The molecule has 4 heterocycles. The molecule has 4 rings (SSSR count). The molecule has 0 radical (unpaired) electrons. The maximum Gasteiger partial charge on any atom is 0.228 e. The minimum absolute atomic E-state index is 0.0131. The SMILES string of the molecule is CCS(=O)(=O)N1[C@@H]2CCC[C@H]1C[C@@H](Nc1nc(Nc3cc(CO)[nH]n3)cc(OC)n1)C2. The zero-order valence-electron chi connectivity index (χ0n) is 17.7. The van der Waals surface area contributed by atoms with Crippen molar-refractivity contribution in [3.8, 4) is 5.88 Å². The Morgan fingerprint density at radius 3 is 2.58 bits per heavy atom. The molecular formula is C19H29N7O4S. The lowest BCUT2D eigenvalue weighted by molar-refractivity contribution is 0.116. The number of hydrogen-bond donors (Lipinski definition) is 4. The van der Waals surface area contributed by atoms with Gasteiger partial charge in [0.2, 0.25) is 21.9 Å². The van der Waals surface area contributed by atoms with Gasteiger partial charge >= 0.3 is 0 Å². The van der Waals surface area contributed by atoms with Crippen molar-refractivity contribution >= 4 is 27.6 Å². The Bertz CT molecular complexity index is 998. The molecule has 0 spiro atoms. The zero-order valence-corrected chi connectivity index (χ0v) is 18.5. The van der Waals surface area contributed by atoms with Gasteiger partial charge in [0.1, 0.15) is 5.82 Å². The molecule has 2 aliphatic heterocycles. The Hall–Kier alpha value is -2.44. The van der Waals surface area contributed by atoms with Gasteiger partial charge in [-0.15, -0.1) is 0 Å².